The van der Waals surface area contributed by atoms with Gasteiger partial charge in [0.05, 0.1) is 6.10 Å². The van der Waals surface area contributed by atoms with E-state index in [4.69, 9.17) is 5.73 Å². The van der Waals surface area contributed by atoms with Gasteiger partial charge in [0.25, 0.3) is 0 Å². The molecule has 1 rings (SSSR count). The van der Waals surface area contributed by atoms with E-state index in [0.717, 1.165) is 0 Å². The number of aliphatic hydroxyl groups is 1. The molecule has 2 nitrogen and oxygen atoms in total. The molecule has 0 saturated carbocycles. The van der Waals surface area contributed by atoms with Crippen molar-refractivity contribution in [3.05, 3.63) is 34.1 Å². The Labute approximate surface area is 91.1 Å². The second kappa shape index (κ2) is 4.87. The summed E-state index contributed by atoms with van der Waals surface area (Å²) in [6.45, 7) is 2.24. The molecule has 0 saturated heterocycles. The average Bonchev–Trinajstić information content (AvgIpc) is 2.15. The van der Waals surface area contributed by atoms with Crippen LogP contribution in [-0.4, -0.2) is 11.7 Å². The molecule has 78 valence electrons. The summed E-state index contributed by atoms with van der Waals surface area (Å²) in [7, 11) is 0. The zero-order chi connectivity index (χ0) is 10.7. The summed E-state index contributed by atoms with van der Waals surface area (Å²) in [4.78, 5) is 0. The maximum Gasteiger partial charge on any atom is 0.124 e. The van der Waals surface area contributed by atoms with Crippen LogP contribution in [0.3, 0.4) is 0 Å². The number of aliphatic hydroxyl groups excluding tert-OH is 1. The van der Waals surface area contributed by atoms with Crippen molar-refractivity contribution in [2.75, 3.05) is 6.54 Å². The number of hydrogen-bond donors (Lipinski definition) is 2. The lowest BCUT2D eigenvalue weighted by Gasteiger charge is -2.18. The highest BCUT2D eigenvalue weighted by atomic mass is 79.9. The molecule has 0 aliphatic heterocycles. The van der Waals surface area contributed by atoms with E-state index in [2.05, 4.69) is 15.9 Å². The predicted octanol–water partition coefficient (Wildman–Crippen LogP) is 2.22. The van der Waals surface area contributed by atoms with Gasteiger partial charge in [0.15, 0.2) is 0 Å². The highest BCUT2D eigenvalue weighted by molar-refractivity contribution is 9.10. The van der Waals surface area contributed by atoms with Crippen molar-refractivity contribution in [1.82, 2.24) is 0 Å². The Morgan fingerprint density at radius 1 is 1.57 bits per heavy atom. The average molecular weight is 262 g/mol. The molecule has 1 aromatic carbocycles. The molecular formula is C10H13BrFNO. The third-order valence-electron chi connectivity index (χ3n) is 2.19. The summed E-state index contributed by atoms with van der Waals surface area (Å²) in [5, 5.41) is 9.83. The summed E-state index contributed by atoms with van der Waals surface area (Å²) in [6, 6.07) is 4.23. The van der Waals surface area contributed by atoms with E-state index in [9.17, 15) is 9.50 Å². The van der Waals surface area contributed by atoms with Crippen molar-refractivity contribution < 1.29 is 9.50 Å². The minimum Gasteiger partial charge on any atom is -0.388 e. The molecule has 4 heteroatoms. The normalized spacial score (nSPS) is 15.2. The van der Waals surface area contributed by atoms with Gasteiger partial charge >= 0.3 is 0 Å². The van der Waals surface area contributed by atoms with Crippen LogP contribution in [-0.2, 0) is 0 Å². The molecule has 0 spiro atoms. The summed E-state index contributed by atoms with van der Waals surface area (Å²) in [5.74, 6) is -0.370. The van der Waals surface area contributed by atoms with Crippen LogP contribution >= 0.6 is 15.9 Å². The van der Waals surface area contributed by atoms with E-state index in [-0.39, 0.29) is 11.7 Å². The van der Waals surface area contributed by atoms with Crippen LogP contribution in [0.5, 0.6) is 0 Å². The van der Waals surface area contributed by atoms with E-state index in [1.54, 1.807) is 6.07 Å². The minimum atomic E-state index is -0.657. The zero-order valence-electron chi connectivity index (χ0n) is 7.87. The first-order chi connectivity index (χ1) is 6.56. The molecule has 14 heavy (non-hydrogen) atoms. The molecule has 0 bridgehead atoms. The monoisotopic (exact) mass is 261 g/mol. The Bertz CT molecular complexity index is 319. The van der Waals surface area contributed by atoms with Crippen LogP contribution in [0.4, 0.5) is 4.39 Å². The fourth-order valence-corrected chi connectivity index (χ4v) is 1.76. The molecular weight excluding hydrogens is 249 g/mol. The van der Waals surface area contributed by atoms with Gasteiger partial charge in [-0.2, -0.15) is 0 Å². The van der Waals surface area contributed by atoms with E-state index < -0.39 is 6.10 Å². The third kappa shape index (κ3) is 2.53. The van der Waals surface area contributed by atoms with E-state index in [0.29, 0.717) is 16.6 Å². The number of nitrogens with two attached hydrogens (primary N) is 1. The van der Waals surface area contributed by atoms with E-state index in [1.807, 2.05) is 6.92 Å². The van der Waals surface area contributed by atoms with Crippen molar-refractivity contribution in [3.63, 3.8) is 0 Å². The van der Waals surface area contributed by atoms with Gasteiger partial charge in [-0.05, 0) is 30.2 Å². The van der Waals surface area contributed by atoms with Crippen molar-refractivity contribution >= 4 is 15.9 Å². The lowest BCUT2D eigenvalue weighted by molar-refractivity contribution is 0.121. The molecule has 0 amide bonds. The van der Waals surface area contributed by atoms with Gasteiger partial charge < -0.3 is 10.8 Å². The Kier molecular flexibility index (Phi) is 4.04. The smallest absolute Gasteiger partial charge is 0.124 e. The van der Waals surface area contributed by atoms with Gasteiger partial charge in [0.1, 0.15) is 5.82 Å². The first-order valence-corrected chi connectivity index (χ1v) is 5.18. The number of hydrogen-bond acceptors (Lipinski definition) is 2. The molecule has 2 unspecified atom stereocenters. The second-order valence-electron chi connectivity index (χ2n) is 3.32. The van der Waals surface area contributed by atoms with E-state index in [1.165, 1.54) is 12.1 Å². The topological polar surface area (TPSA) is 46.2 Å². The Morgan fingerprint density at radius 2 is 2.21 bits per heavy atom. The summed E-state index contributed by atoms with van der Waals surface area (Å²) in [6.07, 6.45) is -0.657. The molecule has 2 atom stereocenters. The van der Waals surface area contributed by atoms with Crippen LogP contribution < -0.4 is 5.73 Å². The highest BCUT2D eigenvalue weighted by Gasteiger charge is 2.17. The zero-order valence-corrected chi connectivity index (χ0v) is 9.46. The fourth-order valence-electron chi connectivity index (χ4n) is 1.18. The molecule has 0 radical (unpaired) electrons. The first kappa shape index (κ1) is 11.6. The molecule has 3 N–H and O–H groups in total. The lowest BCUT2D eigenvalue weighted by Crippen LogP contribution is -2.19. The third-order valence-corrected chi connectivity index (χ3v) is 2.88. The summed E-state index contributed by atoms with van der Waals surface area (Å²) in [5.41, 5.74) is 6.11. The largest absolute Gasteiger partial charge is 0.388 e. The van der Waals surface area contributed by atoms with Crippen LogP contribution in [0.15, 0.2) is 22.7 Å². The Morgan fingerprint density at radius 3 is 2.71 bits per heavy atom. The molecule has 0 heterocycles. The van der Waals surface area contributed by atoms with Gasteiger partial charge in [-0.15, -0.1) is 0 Å². The number of halogens is 2. The lowest BCUT2D eigenvalue weighted by atomic mass is 9.98. The molecule has 0 fully saturated rings. The maximum absolute atomic E-state index is 12.8. The van der Waals surface area contributed by atoms with Crippen LogP contribution in [0.1, 0.15) is 18.6 Å². The Balaban J connectivity index is 2.95. The summed E-state index contributed by atoms with van der Waals surface area (Å²) < 4.78 is 13.3. The van der Waals surface area contributed by atoms with E-state index >= 15 is 0 Å². The van der Waals surface area contributed by atoms with Gasteiger partial charge in [-0.3, -0.25) is 0 Å². The van der Waals surface area contributed by atoms with Gasteiger partial charge in [-0.25, -0.2) is 4.39 Å². The van der Waals surface area contributed by atoms with Crippen molar-refractivity contribution in [3.8, 4) is 0 Å². The van der Waals surface area contributed by atoms with Gasteiger partial charge in [0, 0.05) is 4.47 Å². The maximum atomic E-state index is 12.8. The van der Waals surface area contributed by atoms with Crippen LogP contribution in [0.2, 0.25) is 0 Å². The quantitative estimate of drug-likeness (QED) is 0.877. The standard InChI is InChI=1S/C10H13BrFNO/c1-6(5-13)10(14)8-3-2-7(12)4-9(8)11/h2-4,6,10,14H,5,13H2,1H3. The minimum absolute atomic E-state index is 0.0447. The SMILES string of the molecule is CC(CN)C(O)c1ccc(F)cc1Br. The summed E-state index contributed by atoms with van der Waals surface area (Å²) >= 11 is 3.20. The number of rotatable bonds is 3. The van der Waals surface area contributed by atoms with Crippen molar-refractivity contribution in [2.45, 2.75) is 13.0 Å². The highest BCUT2D eigenvalue weighted by Crippen LogP contribution is 2.28. The van der Waals surface area contributed by atoms with Gasteiger partial charge in [-0.1, -0.05) is 28.9 Å². The second-order valence-corrected chi connectivity index (χ2v) is 4.18. The van der Waals surface area contributed by atoms with Crippen LogP contribution in [0.25, 0.3) is 0 Å². The fraction of sp³-hybridized carbons (Fsp3) is 0.400. The first-order valence-electron chi connectivity index (χ1n) is 4.39. The van der Waals surface area contributed by atoms with Gasteiger partial charge in [0.2, 0.25) is 0 Å². The Hall–Kier alpha value is -0.450. The van der Waals surface area contributed by atoms with Crippen molar-refractivity contribution in [2.24, 2.45) is 11.7 Å². The molecule has 0 aliphatic rings. The van der Waals surface area contributed by atoms with Crippen LogP contribution in [0, 0.1) is 11.7 Å². The van der Waals surface area contributed by atoms with Crippen molar-refractivity contribution in [1.29, 1.82) is 0 Å². The molecule has 0 aliphatic carbocycles. The molecule has 0 aromatic heterocycles. The molecule has 1 aromatic rings. The number of benzene rings is 1. The predicted molar refractivity (Wildman–Crippen MR) is 57.3 cm³/mol.